The minimum Gasteiger partial charge on any atom is -0.358 e. The van der Waals surface area contributed by atoms with Crippen LogP contribution in [0.2, 0.25) is 0 Å². The zero-order valence-electron chi connectivity index (χ0n) is 8.15. The smallest absolute Gasteiger partial charge is 0.358 e. The predicted octanol–water partition coefficient (Wildman–Crippen LogP) is 1.45. The van der Waals surface area contributed by atoms with Crippen LogP contribution < -0.4 is 0 Å². The number of nitro groups is 1. The zero-order valence-corrected chi connectivity index (χ0v) is 9.74. The molecule has 0 unspecified atom stereocenters. The van der Waals surface area contributed by atoms with Gasteiger partial charge in [0.05, 0.1) is 24.2 Å². The van der Waals surface area contributed by atoms with Gasteiger partial charge >= 0.3 is 5.82 Å². The van der Waals surface area contributed by atoms with E-state index in [1.807, 2.05) is 10.8 Å². The van der Waals surface area contributed by atoms with Gasteiger partial charge in [0.1, 0.15) is 4.47 Å². The van der Waals surface area contributed by atoms with Crippen LogP contribution in [-0.2, 0) is 13.1 Å². The van der Waals surface area contributed by atoms with Crippen molar-refractivity contribution >= 4 is 21.7 Å². The van der Waals surface area contributed by atoms with Gasteiger partial charge in [-0.3, -0.25) is 0 Å². The average Bonchev–Trinajstić information content (AvgIpc) is 2.83. The van der Waals surface area contributed by atoms with Crippen LogP contribution in [0.4, 0.5) is 5.82 Å². The molecule has 0 aliphatic rings. The van der Waals surface area contributed by atoms with Crippen LogP contribution in [0.3, 0.4) is 0 Å². The van der Waals surface area contributed by atoms with E-state index in [4.69, 9.17) is 0 Å². The largest absolute Gasteiger partial charge is 0.404 e. The fourth-order valence-corrected chi connectivity index (χ4v) is 1.72. The monoisotopic (exact) mass is 285 g/mol. The molecule has 0 fully saturated rings. The lowest BCUT2D eigenvalue weighted by atomic mass is 10.6. The van der Waals surface area contributed by atoms with Gasteiger partial charge in [0, 0.05) is 18.9 Å². The van der Waals surface area contributed by atoms with Crippen LogP contribution in [0.15, 0.2) is 29.4 Å². The Kier molecular flexibility index (Phi) is 3.00. The molecule has 0 spiro atoms. The number of rotatable bonds is 4. The van der Waals surface area contributed by atoms with Gasteiger partial charge < -0.3 is 14.7 Å². The van der Waals surface area contributed by atoms with Crippen molar-refractivity contribution in [2.75, 3.05) is 0 Å². The quantitative estimate of drug-likeness (QED) is 0.629. The molecule has 0 aliphatic heterocycles. The lowest BCUT2D eigenvalue weighted by Crippen LogP contribution is -2.06. The van der Waals surface area contributed by atoms with Crippen molar-refractivity contribution in [3.63, 3.8) is 0 Å². The summed E-state index contributed by atoms with van der Waals surface area (Å²) in [6, 6.07) is 0. The van der Waals surface area contributed by atoms with Gasteiger partial charge in [0.15, 0.2) is 0 Å². The summed E-state index contributed by atoms with van der Waals surface area (Å²) in [6.45, 7) is 1.23. The SMILES string of the molecule is O=[N+]([O-])c1nn(CCn2ccnc2)cc1Br. The Morgan fingerprint density at radius 2 is 2.31 bits per heavy atom. The molecular formula is C8H8BrN5O2. The van der Waals surface area contributed by atoms with E-state index < -0.39 is 4.92 Å². The molecule has 0 saturated carbocycles. The first-order chi connectivity index (χ1) is 7.66. The summed E-state index contributed by atoms with van der Waals surface area (Å²) < 4.78 is 3.80. The van der Waals surface area contributed by atoms with Crippen molar-refractivity contribution in [2.45, 2.75) is 13.1 Å². The summed E-state index contributed by atoms with van der Waals surface area (Å²) in [4.78, 5) is 13.9. The molecule has 2 heterocycles. The highest BCUT2D eigenvalue weighted by molar-refractivity contribution is 9.10. The zero-order chi connectivity index (χ0) is 11.5. The van der Waals surface area contributed by atoms with E-state index in [9.17, 15) is 10.1 Å². The lowest BCUT2D eigenvalue weighted by molar-refractivity contribution is -0.390. The molecule has 2 aromatic heterocycles. The Morgan fingerprint density at radius 3 is 2.88 bits per heavy atom. The molecule has 7 nitrogen and oxygen atoms in total. The highest BCUT2D eigenvalue weighted by Crippen LogP contribution is 2.21. The predicted molar refractivity (Wildman–Crippen MR) is 58.8 cm³/mol. The fourth-order valence-electron chi connectivity index (χ4n) is 1.26. The minimum atomic E-state index is -0.516. The molecule has 8 heteroatoms. The standard InChI is InChI=1S/C8H8BrN5O2/c9-7-5-13(11-8(7)14(15)16)4-3-12-2-1-10-6-12/h1-2,5-6H,3-4H2. The van der Waals surface area contributed by atoms with Gasteiger partial charge in [-0.1, -0.05) is 0 Å². The van der Waals surface area contributed by atoms with Gasteiger partial charge in [0.2, 0.25) is 0 Å². The highest BCUT2D eigenvalue weighted by Gasteiger charge is 2.17. The lowest BCUT2D eigenvalue weighted by Gasteiger charge is -1.98. The van der Waals surface area contributed by atoms with E-state index in [0.29, 0.717) is 17.6 Å². The molecule has 0 amide bonds. The van der Waals surface area contributed by atoms with Gasteiger partial charge in [0.25, 0.3) is 0 Å². The summed E-state index contributed by atoms with van der Waals surface area (Å²) >= 11 is 3.09. The van der Waals surface area contributed by atoms with E-state index in [1.54, 1.807) is 18.7 Å². The molecule has 2 rings (SSSR count). The molecular weight excluding hydrogens is 278 g/mol. The Balaban J connectivity index is 2.05. The maximum absolute atomic E-state index is 10.6. The molecule has 0 aromatic carbocycles. The Hall–Kier alpha value is -1.70. The third-order valence-corrected chi connectivity index (χ3v) is 2.58. The molecule has 0 bridgehead atoms. The molecule has 0 aliphatic carbocycles. The molecule has 16 heavy (non-hydrogen) atoms. The Labute approximate surface area is 99.0 Å². The molecule has 2 aromatic rings. The van der Waals surface area contributed by atoms with Crippen molar-refractivity contribution in [3.8, 4) is 0 Å². The first-order valence-corrected chi connectivity index (χ1v) is 5.29. The summed E-state index contributed by atoms with van der Waals surface area (Å²) in [7, 11) is 0. The molecule has 84 valence electrons. The van der Waals surface area contributed by atoms with Crippen LogP contribution in [0.25, 0.3) is 0 Å². The number of hydrogen-bond acceptors (Lipinski definition) is 4. The molecule has 0 saturated heterocycles. The Bertz CT molecular complexity index is 493. The van der Waals surface area contributed by atoms with Crippen molar-refractivity contribution in [2.24, 2.45) is 0 Å². The normalized spacial score (nSPS) is 10.6. The van der Waals surface area contributed by atoms with E-state index >= 15 is 0 Å². The van der Waals surface area contributed by atoms with Crippen LogP contribution >= 0.6 is 15.9 Å². The van der Waals surface area contributed by atoms with E-state index in [1.165, 1.54) is 4.68 Å². The summed E-state index contributed by atoms with van der Waals surface area (Å²) in [5, 5.41) is 14.4. The highest BCUT2D eigenvalue weighted by atomic mass is 79.9. The van der Waals surface area contributed by atoms with Gasteiger partial charge in [-0.15, -0.1) is 0 Å². The summed E-state index contributed by atoms with van der Waals surface area (Å²) in [5.41, 5.74) is 0. The van der Waals surface area contributed by atoms with Crippen LogP contribution in [-0.4, -0.2) is 24.3 Å². The van der Waals surface area contributed by atoms with E-state index in [-0.39, 0.29) is 5.82 Å². The van der Waals surface area contributed by atoms with Crippen LogP contribution in [0.1, 0.15) is 0 Å². The molecule has 0 N–H and O–H groups in total. The van der Waals surface area contributed by atoms with E-state index in [0.717, 1.165) is 0 Å². The number of aryl methyl sites for hydroxylation is 2. The van der Waals surface area contributed by atoms with Gasteiger partial charge in [-0.05, 0) is 20.9 Å². The maximum Gasteiger partial charge on any atom is 0.404 e. The van der Waals surface area contributed by atoms with Gasteiger partial charge in [-0.2, -0.15) is 4.68 Å². The molecule has 0 radical (unpaired) electrons. The van der Waals surface area contributed by atoms with Crippen LogP contribution in [0, 0.1) is 10.1 Å². The van der Waals surface area contributed by atoms with Crippen molar-refractivity contribution < 1.29 is 4.92 Å². The third kappa shape index (κ3) is 2.27. The minimum absolute atomic E-state index is 0.161. The second-order valence-electron chi connectivity index (χ2n) is 3.12. The first-order valence-electron chi connectivity index (χ1n) is 4.50. The van der Waals surface area contributed by atoms with Gasteiger partial charge in [-0.25, -0.2) is 4.98 Å². The number of aromatic nitrogens is 4. The summed E-state index contributed by atoms with van der Waals surface area (Å²) in [6.07, 6.45) is 6.79. The van der Waals surface area contributed by atoms with Crippen molar-refractivity contribution in [3.05, 3.63) is 39.5 Å². The topological polar surface area (TPSA) is 78.8 Å². The summed E-state index contributed by atoms with van der Waals surface area (Å²) in [5.74, 6) is -0.161. The fraction of sp³-hybridized carbons (Fsp3) is 0.250. The van der Waals surface area contributed by atoms with Crippen molar-refractivity contribution in [1.82, 2.24) is 19.3 Å². The molecule has 0 atom stereocenters. The third-order valence-electron chi connectivity index (χ3n) is 2.02. The first kappa shape index (κ1) is 10.8. The van der Waals surface area contributed by atoms with Crippen molar-refractivity contribution in [1.29, 1.82) is 0 Å². The van der Waals surface area contributed by atoms with E-state index in [2.05, 4.69) is 26.0 Å². The number of halogens is 1. The maximum atomic E-state index is 10.6. The van der Waals surface area contributed by atoms with Crippen LogP contribution in [0.5, 0.6) is 0 Å². The Morgan fingerprint density at radius 1 is 1.50 bits per heavy atom. The second-order valence-corrected chi connectivity index (χ2v) is 3.98. The second kappa shape index (κ2) is 4.44. The number of hydrogen-bond donors (Lipinski definition) is 0. The average molecular weight is 286 g/mol. The number of imidazole rings is 1. The number of nitrogens with zero attached hydrogens (tertiary/aromatic N) is 5.